The zero-order valence-electron chi connectivity index (χ0n) is 16.2. The number of nitrogens with zero attached hydrogens (tertiary/aromatic N) is 1. The van der Waals surface area contributed by atoms with Crippen LogP contribution >= 0.6 is 0 Å². The number of rotatable bonds is 8. The Hall–Kier alpha value is -3.61. The summed E-state index contributed by atoms with van der Waals surface area (Å²) < 4.78 is 24.2. The molecule has 0 saturated carbocycles. The molecule has 6 nitrogen and oxygen atoms in total. The molecule has 0 atom stereocenters. The topological polar surface area (TPSA) is 72.5 Å². The lowest BCUT2D eigenvalue weighted by Gasteiger charge is -2.11. The van der Waals surface area contributed by atoms with Gasteiger partial charge in [0.2, 0.25) is 0 Å². The normalized spacial score (nSPS) is 10.3. The number of benzene rings is 2. The molecule has 1 aromatic heterocycles. The van der Waals surface area contributed by atoms with Crippen LogP contribution in [0.15, 0.2) is 60.8 Å². The van der Waals surface area contributed by atoms with Crippen molar-refractivity contribution in [2.45, 2.75) is 13.1 Å². The lowest BCUT2D eigenvalue weighted by Crippen LogP contribution is -2.24. The minimum absolute atomic E-state index is 0.0937. The highest BCUT2D eigenvalue weighted by Gasteiger charge is 2.10. The van der Waals surface area contributed by atoms with Crippen LogP contribution in [0.1, 0.15) is 21.6 Å². The maximum Gasteiger partial charge on any atom is 0.270 e. The Balaban J connectivity index is 1.62. The first-order valence-corrected chi connectivity index (χ1v) is 9.03. The molecule has 0 radical (unpaired) electrons. The van der Waals surface area contributed by atoms with E-state index in [9.17, 15) is 9.18 Å². The second kappa shape index (κ2) is 9.54. The molecule has 0 saturated heterocycles. The summed E-state index contributed by atoms with van der Waals surface area (Å²) in [5.41, 5.74) is 2.40. The Morgan fingerprint density at radius 3 is 2.55 bits per heavy atom. The van der Waals surface area contributed by atoms with Crippen LogP contribution in [0.3, 0.4) is 0 Å². The van der Waals surface area contributed by atoms with Gasteiger partial charge in [-0.1, -0.05) is 24.3 Å². The molecule has 150 valence electrons. The fourth-order valence-electron chi connectivity index (χ4n) is 2.77. The van der Waals surface area contributed by atoms with Crippen molar-refractivity contribution in [3.8, 4) is 11.5 Å². The number of methoxy groups -OCH3 is 2. The SMILES string of the molecule is COc1ccc(CNc2ccnc(C(=O)NCc3ccccc3F)c2)cc1OC. The molecule has 3 aromatic rings. The minimum atomic E-state index is -0.372. The van der Waals surface area contributed by atoms with Crippen molar-refractivity contribution in [2.24, 2.45) is 0 Å². The Morgan fingerprint density at radius 1 is 1.00 bits per heavy atom. The third-order valence-electron chi connectivity index (χ3n) is 4.33. The maximum absolute atomic E-state index is 13.7. The fourth-order valence-corrected chi connectivity index (χ4v) is 2.77. The van der Waals surface area contributed by atoms with Crippen molar-refractivity contribution in [2.75, 3.05) is 19.5 Å². The van der Waals surface area contributed by atoms with E-state index in [-0.39, 0.29) is 24.0 Å². The summed E-state index contributed by atoms with van der Waals surface area (Å²) in [6.45, 7) is 0.622. The van der Waals surface area contributed by atoms with Crippen LogP contribution in [0.4, 0.5) is 10.1 Å². The van der Waals surface area contributed by atoms with Crippen molar-refractivity contribution in [3.63, 3.8) is 0 Å². The average Bonchev–Trinajstić information content (AvgIpc) is 2.76. The molecule has 2 N–H and O–H groups in total. The molecule has 0 unspecified atom stereocenters. The van der Waals surface area contributed by atoms with Gasteiger partial charge in [0.25, 0.3) is 5.91 Å². The smallest absolute Gasteiger partial charge is 0.270 e. The Bertz CT molecular complexity index is 995. The molecular weight excluding hydrogens is 373 g/mol. The number of halogens is 1. The van der Waals surface area contributed by atoms with Crippen molar-refractivity contribution in [3.05, 3.63) is 83.4 Å². The predicted molar refractivity (Wildman–Crippen MR) is 109 cm³/mol. The van der Waals surface area contributed by atoms with E-state index < -0.39 is 0 Å². The molecule has 0 spiro atoms. The van der Waals surface area contributed by atoms with E-state index in [0.717, 1.165) is 11.3 Å². The van der Waals surface area contributed by atoms with Crippen LogP contribution in [0, 0.1) is 5.82 Å². The zero-order chi connectivity index (χ0) is 20.6. The third kappa shape index (κ3) is 5.22. The second-order valence-corrected chi connectivity index (χ2v) is 6.25. The number of pyridine rings is 1. The first-order valence-electron chi connectivity index (χ1n) is 9.03. The molecule has 0 fully saturated rings. The number of carbonyl (C=O) groups excluding carboxylic acids is 1. The van der Waals surface area contributed by atoms with Gasteiger partial charge in [0.15, 0.2) is 11.5 Å². The second-order valence-electron chi connectivity index (χ2n) is 6.25. The minimum Gasteiger partial charge on any atom is -0.493 e. The standard InChI is InChI=1S/C22H22FN3O3/c1-28-20-8-7-15(11-21(20)29-2)13-25-17-9-10-24-19(12-17)22(27)26-14-16-5-3-4-6-18(16)23/h3-12H,13-14H2,1-2H3,(H,24,25)(H,26,27). The fraction of sp³-hybridized carbons (Fsp3) is 0.182. The summed E-state index contributed by atoms with van der Waals surface area (Å²) in [7, 11) is 3.18. The summed E-state index contributed by atoms with van der Waals surface area (Å²) in [5, 5.41) is 5.94. The lowest BCUT2D eigenvalue weighted by atomic mass is 10.2. The Kier molecular flexibility index (Phi) is 6.63. The highest BCUT2D eigenvalue weighted by Crippen LogP contribution is 2.27. The van der Waals surface area contributed by atoms with Gasteiger partial charge in [-0.3, -0.25) is 9.78 Å². The molecule has 0 aliphatic carbocycles. The largest absolute Gasteiger partial charge is 0.493 e. The lowest BCUT2D eigenvalue weighted by molar-refractivity contribution is 0.0945. The van der Waals surface area contributed by atoms with Crippen LogP contribution in [0.2, 0.25) is 0 Å². The van der Waals surface area contributed by atoms with Crippen LogP contribution in [-0.2, 0) is 13.1 Å². The number of aromatic nitrogens is 1. The molecule has 7 heteroatoms. The summed E-state index contributed by atoms with van der Waals surface area (Å²) in [6, 6.07) is 15.4. The van der Waals surface area contributed by atoms with Gasteiger partial charge in [-0.05, 0) is 35.9 Å². The van der Waals surface area contributed by atoms with Gasteiger partial charge in [0.05, 0.1) is 14.2 Å². The molecule has 1 heterocycles. The first kappa shape index (κ1) is 20.1. The van der Waals surface area contributed by atoms with Crippen LogP contribution in [0.5, 0.6) is 11.5 Å². The highest BCUT2D eigenvalue weighted by molar-refractivity contribution is 5.93. The van der Waals surface area contributed by atoms with Gasteiger partial charge in [0.1, 0.15) is 11.5 Å². The van der Waals surface area contributed by atoms with Gasteiger partial charge in [-0.15, -0.1) is 0 Å². The van der Waals surface area contributed by atoms with Gasteiger partial charge in [-0.25, -0.2) is 4.39 Å². The van der Waals surface area contributed by atoms with Crippen molar-refractivity contribution < 1.29 is 18.7 Å². The van der Waals surface area contributed by atoms with Gasteiger partial charge in [-0.2, -0.15) is 0 Å². The number of anilines is 1. The van der Waals surface area contributed by atoms with E-state index >= 15 is 0 Å². The monoisotopic (exact) mass is 395 g/mol. The Morgan fingerprint density at radius 2 is 1.79 bits per heavy atom. The summed E-state index contributed by atoms with van der Waals surface area (Å²) >= 11 is 0. The van der Waals surface area contributed by atoms with Crippen LogP contribution in [0.25, 0.3) is 0 Å². The van der Waals surface area contributed by atoms with Gasteiger partial charge >= 0.3 is 0 Å². The Labute approximate surface area is 168 Å². The summed E-state index contributed by atoms with van der Waals surface area (Å²) in [4.78, 5) is 16.5. The molecule has 0 bridgehead atoms. The third-order valence-corrected chi connectivity index (χ3v) is 4.33. The van der Waals surface area contributed by atoms with Crippen molar-refractivity contribution in [1.29, 1.82) is 0 Å². The zero-order valence-corrected chi connectivity index (χ0v) is 16.2. The van der Waals surface area contributed by atoms with E-state index in [1.165, 1.54) is 6.07 Å². The number of hydrogen-bond donors (Lipinski definition) is 2. The molecule has 29 heavy (non-hydrogen) atoms. The van der Waals surface area contributed by atoms with Crippen LogP contribution in [-0.4, -0.2) is 25.1 Å². The quantitative estimate of drug-likeness (QED) is 0.607. The van der Waals surface area contributed by atoms with E-state index in [2.05, 4.69) is 15.6 Å². The number of ether oxygens (including phenoxy) is 2. The molecule has 0 aliphatic rings. The van der Waals surface area contributed by atoms with Gasteiger partial charge < -0.3 is 20.1 Å². The number of amides is 1. The molecular formula is C22H22FN3O3. The van der Waals surface area contributed by atoms with Crippen LogP contribution < -0.4 is 20.1 Å². The average molecular weight is 395 g/mol. The molecule has 0 aliphatic heterocycles. The molecule has 1 amide bonds. The summed E-state index contributed by atoms with van der Waals surface area (Å²) in [6.07, 6.45) is 1.55. The van der Waals surface area contributed by atoms with Gasteiger partial charge in [0, 0.05) is 30.5 Å². The summed E-state index contributed by atoms with van der Waals surface area (Å²) in [5.74, 6) is 0.581. The number of carbonyl (C=O) groups is 1. The van der Waals surface area contributed by atoms with E-state index in [4.69, 9.17) is 9.47 Å². The maximum atomic E-state index is 13.7. The first-order chi connectivity index (χ1) is 14.1. The number of nitrogens with one attached hydrogen (secondary N) is 2. The van der Waals surface area contributed by atoms with E-state index in [1.807, 2.05) is 18.2 Å². The molecule has 3 rings (SSSR count). The number of hydrogen-bond acceptors (Lipinski definition) is 5. The predicted octanol–water partition coefficient (Wildman–Crippen LogP) is 3.78. The molecule has 2 aromatic carbocycles. The van der Waals surface area contributed by atoms with Crippen molar-refractivity contribution in [1.82, 2.24) is 10.3 Å². The van der Waals surface area contributed by atoms with E-state index in [1.54, 1.807) is 50.7 Å². The highest BCUT2D eigenvalue weighted by atomic mass is 19.1. The van der Waals surface area contributed by atoms with Crippen molar-refractivity contribution >= 4 is 11.6 Å². The van der Waals surface area contributed by atoms with E-state index in [0.29, 0.717) is 23.6 Å².